The van der Waals surface area contributed by atoms with Gasteiger partial charge in [0.2, 0.25) is 5.91 Å². The highest BCUT2D eigenvalue weighted by molar-refractivity contribution is 7.47. The number of carbonyl (C=O) groups is 1. The normalized spacial score (nSPS) is 14.1. The highest BCUT2D eigenvalue weighted by Crippen LogP contribution is 2.43. The maximum absolute atomic E-state index is 13.0. The van der Waals surface area contributed by atoms with Gasteiger partial charge < -0.3 is 19.8 Å². The molecule has 0 fully saturated rings. The van der Waals surface area contributed by atoms with Crippen molar-refractivity contribution in [1.29, 1.82) is 0 Å². The number of allylic oxidation sites excluding steroid dienone is 4. The van der Waals surface area contributed by atoms with E-state index in [0.29, 0.717) is 23.9 Å². The number of carbonyl (C=O) groups excluding carboxylic acids is 1. The number of likely N-dealkylation sites (N-methyl/N-ethyl adjacent to an activating group) is 1. The number of aliphatic hydroxyl groups excluding tert-OH is 1. The van der Waals surface area contributed by atoms with Crippen LogP contribution in [-0.4, -0.2) is 73.4 Å². The Kier molecular flexibility index (Phi) is 47.3. The predicted octanol–water partition coefficient (Wildman–Crippen LogP) is 16.8. The summed E-state index contributed by atoms with van der Waals surface area (Å²) in [5.74, 6) is -0.141. The molecule has 3 N–H and O–H groups in total. The molecule has 0 rings (SSSR count). The summed E-state index contributed by atoms with van der Waals surface area (Å²) in [6.07, 6.45) is 59.5. The molecular weight excluding hydrogens is 828 g/mol. The fourth-order valence-corrected chi connectivity index (χ4v) is 9.23. The van der Waals surface area contributed by atoms with E-state index in [0.717, 1.165) is 44.9 Å². The Balaban J connectivity index is 4.05. The van der Waals surface area contributed by atoms with Gasteiger partial charge in [0.25, 0.3) is 0 Å². The third-order valence-corrected chi connectivity index (χ3v) is 13.9. The molecule has 0 aromatic rings. The summed E-state index contributed by atoms with van der Waals surface area (Å²) in [6.45, 7) is 4.91. The Morgan fingerprint density at radius 1 is 0.523 bits per heavy atom. The minimum atomic E-state index is -4.32. The molecule has 8 nitrogen and oxygen atoms in total. The maximum atomic E-state index is 13.0. The predicted molar refractivity (Wildman–Crippen MR) is 281 cm³/mol. The molecule has 1 amide bonds. The van der Waals surface area contributed by atoms with Gasteiger partial charge in [-0.25, -0.2) is 4.57 Å². The number of nitrogens with one attached hydrogen (secondary N) is 1. The number of unbranched alkanes of at least 4 members (excludes halogenated alkanes) is 35. The number of hydrogen-bond acceptors (Lipinski definition) is 5. The topological polar surface area (TPSA) is 105 Å². The maximum Gasteiger partial charge on any atom is 0.472 e. The Bertz CT molecular complexity index is 1110. The average Bonchev–Trinajstić information content (AvgIpc) is 3.26. The van der Waals surface area contributed by atoms with E-state index in [1.165, 1.54) is 205 Å². The van der Waals surface area contributed by atoms with Crippen LogP contribution in [0.5, 0.6) is 0 Å². The highest BCUT2D eigenvalue weighted by atomic mass is 31.2. The van der Waals surface area contributed by atoms with Gasteiger partial charge >= 0.3 is 7.82 Å². The third kappa shape index (κ3) is 50.7. The lowest BCUT2D eigenvalue weighted by molar-refractivity contribution is -0.870. The summed E-state index contributed by atoms with van der Waals surface area (Å²) >= 11 is 0. The first-order valence-corrected chi connectivity index (χ1v) is 29.7. The summed E-state index contributed by atoms with van der Waals surface area (Å²) in [7, 11) is 1.63. The van der Waals surface area contributed by atoms with Gasteiger partial charge in [-0.05, 0) is 44.9 Å². The van der Waals surface area contributed by atoms with Crippen LogP contribution in [0.25, 0.3) is 0 Å². The summed E-state index contributed by atoms with van der Waals surface area (Å²) < 4.78 is 23.7. The van der Waals surface area contributed by atoms with E-state index in [4.69, 9.17) is 9.05 Å². The quantitative estimate of drug-likeness (QED) is 0.0243. The Hall–Kier alpha value is -1.02. The van der Waals surface area contributed by atoms with Crippen LogP contribution in [0.15, 0.2) is 24.3 Å². The van der Waals surface area contributed by atoms with E-state index in [1.807, 2.05) is 21.1 Å². The third-order valence-electron chi connectivity index (χ3n) is 13.0. The number of phosphoric acid groups is 1. The number of aliphatic hydroxyl groups is 1. The molecule has 0 saturated carbocycles. The van der Waals surface area contributed by atoms with E-state index in [2.05, 4.69) is 43.5 Å². The van der Waals surface area contributed by atoms with Crippen LogP contribution in [0.3, 0.4) is 0 Å². The van der Waals surface area contributed by atoms with E-state index >= 15 is 0 Å². The zero-order valence-electron chi connectivity index (χ0n) is 44.0. The number of hydrogen-bond donors (Lipinski definition) is 3. The summed E-state index contributed by atoms with van der Waals surface area (Å²) in [5.41, 5.74) is 0. The van der Waals surface area contributed by atoms with Crippen LogP contribution < -0.4 is 5.32 Å². The van der Waals surface area contributed by atoms with Crippen molar-refractivity contribution in [2.24, 2.45) is 0 Å². The molecule has 3 atom stereocenters. The molecule has 0 heterocycles. The largest absolute Gasteiger partial charge is 0.472 e. The molecule has 0 saturated heterocycles. The Morgan fingerprint density at radius 3 is 1.26 bits per heavy atom. The number of amides is 1. The first-order valence-electron chi connectivity index (χ1n) is 28.2. The van der Waals surface area contributed by atoms with Crippen molar-refractivity contribution in [3.05, 3.63) is 24.3 Å². The minimum Gasteiger partial charge on any atom is -0.391 e. The highest BCUT2D eigenvalue weighted by Gasteiger charge is 2.28. The van der Waals surface area contributed by atoms with Gasteiger partial charge in [-0.1, -0.05) is 250 Å². The van der Waals surface area contributed by atoms with Crippen LogP contribution >= 0.6 is 7.82 Å². The van der Waals surface area contributed by atoms with Crippen LogP contribution in [-0.2, 0) is 18.4 Å². The smallest absolute Gasteiger partial charge is 0.391 e. The van der Waals surface area contributed by atoms with Gasteiger partial charge in [0.15, 0.2) is 0 Å². The molecule has 0 aromatic carbocycles. The lowest BCUT2D eigenvalue weighted by atomic mass is 10.0. The Morgan fingerprint density at radius 2 is 0.877 bits per heavy atom. The van der Waals surface area contributed by atoms with E-state index in [9.17, 15) is 19.4 Å². The molecule has 0 spiro atoms. The number of quaternary nitrogens is 1. The van der Waals surface area contributed by atoms with E-state index in [1.54, 1.807) is 0 Å². The zero-order chi connectivity index (χ0) is 47.8. The SMILES string of the molecule is CCCCCCC/C=C\C/C=C\CCCCCCCCCCCCCCCCCCCC(=O)NC(COP(=O)(O)OCC[N+](C)(C)C)C(O)CCCCCCCCCCCCCCCC. The van der Waals surface area contributed by atoms with E-state index in [-0.39, 0.29) is 19.1 Å². The molecule has 0 aliphatic heterocycles. The van der Waals surface area contributed by atoms with Crippen molar-refractivity contribution in [3.8, 4) is 0 Å². The van der Waals surface area contributed by atoms with Gasteiger partial charge in [0.1, 0.15) is 13.2 Å². The van der Waals surface area contributed by atoms with Crippen LogP contribution in [0.1, 0.15) is 277 Å². The number of nitrogens with zero attached hydrogens (tertiary/aromatic N) is 1. The van der Waals surface area contributed by atoms with Gasteiger partial charge in [0.05, 0.1) is 39.9 Å². The molecule has 0 radical (unpaired) electrons. The zero-order valence-corrected chi connectivity index (χ0v) is 44.9. The second kappa shape index (κ2) is 48.0. The van der Waals surface area contributed by atoms with Gasteiger partial charge in [-0.15, -0.1) is 0 Å². The first kappa shape index (κ1) is 64.0. The van der Waals surface area contributed by atoms with Crippen LogP contribution in [0.2, 0.25) is 0 Å². The molecule has 3 unspecified atom stereocenters. The van der Waals surface area contributed by atoms with Gasteiger partial charge in [-0.2, -0.15) is 0 Å². The molecule has 9 heteroatoms. The molecule has 65 heavy (non-hydrogen) atoms. The van der Waals surface area contributed by atoms with Crippen LogP contribution in [0.4, 0.5) is 0 Å². The summed E-state index contributed by atoms with van der Waals surface area (Å²) in [6, 6.07) is -0.757. The Labute approximate surface area is 404 Å². The lowest BCUT2D eigenvalue weighted by Gasteiger charge is -2.26. The fourth-order valence-electron chi connectivity index (χ4n) is 8.49. The van der Waals surface area contributed by atoms with E-state index < -0.39 is 20.0 Å². The monoisotopic (exact) mass is 940 g/mol. The lowest BCUT2D eigenvalue weighted by Crippen LogP contribution is -2.46. The molecule has 0 aromatic heterocycles. The minimum absolute atomic E-state index is 0.0767. The molecule has 0 aliphatic rings. The second-order valence-electron chi connectivity index (χ2n) is 20.7. The summed E-state index contributed by atoms with van der Waals surface area (Å²) in [4.78, 5) is 23.3. The van der Waals surface area contributed by atoms with Crippen molar-refractivity contribution in [1.82, 2.24) is 5.32 Å². The van der Waals surface area contributed by atoms with Gasteiger partial charge in [-0.3, -0.25) is 13.8 Å². The van der Waals surface area contributed by atoms with Crippen LogP contribution in [0, 0.1) is 0 Å². The van der Waals surface area contributed by atoms with Crippen molar-refractivity contribution < 1.29 is 32.9 Å². The van der Waals surface area contributed by atoms with Crippen molar-refractivity contribution in [2.45, 2.75) is 289 Å². The molecular formula is C56H112N2O6P+. The molecule has 386 valence electrons. The number of phosphoric ester groups is 1. The van der Waals surface area contributed by atoms with Gasteiger partial charge in [0, 0.05) is 6.42 Å². The first-order chi connectivity index (χ1) is 31.5. The summed E-state index contributed by atoms with van der Waals surface area (Å²) in [5, 5.41) is 14.0. The molecule has 0 aliphatic carbocycles. The fraction of sp³-hybridized carbons (Fsp3) is 0.911. The second-order valence-corrected chi connectivity index (χ2v) is 22.1. The van der Waals surface area contributed by atoms with Crippen molar-refractivity contribution in [3.63, 3.8) is 0 Å². The average molecular weight is 940 g/mol. The molecule has 0 bridgehead atoms. The van der Waals surface area contributed by atoms with Crippen molar-refractivity contribution >= 4 is 13.7 Å². The van der Waals surface area contributed by atoms with Crippen molar-refractivity contribution in [2.75, 3.05) is 40.9 Å². The number of rotatable bonds is 52. The standard InChI is InChI=1S/C56H111N2O6P/c1-6-8-10-12-14-16-18-20-22-23-24-25-26-27-28-29-30-31-32-33-34-35-36-38-40-42-44-46-48-50-56(60)57-54(53-64-65(61,62)63-52-51-58(3,4)5)55(59)49-47-45-43-41-39-37-21-19-17-15-13-11-9-7-2/h18,20,23-24,54-55,59H,6-17,19,21-22,25-53H2,1-5H3,(H-,57,60,61,62)/p+1/b20-18-,24-23-.